The number of alkyl halides is 6. The lowest BCUT2D eigenvalue weighted by Gasteiger charge is -2.33. The van der Waals surface area contributed by atoms with Gasteiger partial charge in [-0.1, -0.05) is 43.0 Å². The van der Waals surface area contributed by atoms with E-state index in [-0.39, 0.29) is 0 Å². The summed E-state index contributed by atoms with van der Waals surface area (Å²) in [5.41, 5.74) is -5.27. The summed E-state index contributed by atoms with van der Waals surface area (Å²) in [7, 11) is -0.613. The molecule has 0 aliphatic rings. The molecule has 3 rings (SSSR count). The van der Waals surface area contributed by atoms with E-state index in [0.717, 1.165) is 21.9 Å². The molecule has 0 radical (unpaired) electrons. The molecule has 3 aromatic rings. The van der Waals surface area contributed by atoms with Crippen LogP contribution in [-0.2, 0) is 15.6 Å². The highest BCUT2D eigenvalue weighted by Gasteiger charge is 2.72. The van der Waals surface area contributed by atoms with Gasteiger partial charge in [0, 0.05) is 0 Å². The van der Waals surface area contributed by atoms with Gasteiger partial charge in [0.05, 0.1) is 16.5 Å². The quantitative estimate of drug-likeness (QED) is 0.164. The third-order valence-corrected chi connectivity index (χ3v) is 6.90. The van der Waals surface area contributed by atoms with Crippen LogP contribution in [0.25, 0.3) is 0 Å². The van der Waals surface area contributed by atoms with Crippen molar-refractivity contribution < 1.29 is 35.9 Å². The van der Waals surface area contributed by atoms with Crippen molar-refractivity contribution in [2.75, 3.05) is 0 Å². The van der Waals surface area contributed by atoms with Gasteiger partial charge in [-0.25, -0.2) is 4.79 Å². The van der Waals surface area contributed by atoms with E-state index in [2.05, 4.69) is 11.3 Å². The van der Waals surface area contributed by atoms with Crippen LogP contribution in [0.5, 0.6) is 0 Å². The Balaban J connectivity index is 1.95. The first-order valence-electron chi connectivity index (χ1n) is 9.45. The Hall–Kier alpha value is -3.20. The summed E-state index contributed by atoms with van der Waals surface area (Å²) in [5.74, 6) is -1.77. The van der Waals surface area contributed by atoms with E-state index >= 15 is 0 Å². The second-order valence-electron chi connectivity index (χ2n) is 6.78. The molecule has 9 heteroatoms. The van der Waals surface area contributed by atoms with E-state index in [0.29, 0.717) is 4.90 Å². The van der Waals surface area contributed by atoms with E-state index in [9.17, 15) is 31.1 Å². The molecule has 0 bridgehead atoms. The van der Waals surface area contributed by atoms with Crippen molar-refractivity contribution in [2.24, 2.45) is 0 Å². The number of ether oxygens (including phenoxy) is 1. The molecule has 0 aliphatic heterocycles. The first kappa shape index (κ1) is 24.4. The van der Waals surface area contributed by atoms with Crippen molar-refractivity contribution in [3.05, 3.63) is 103 Å². The van der Waals surface area contributed by atoms with Crippen LogP contribution in [0, 0.1) is 0 Å². The first-order chi connectivity index (χ1) is 15.5. The maximum Gasteiger partial charge on any atom is 0.441 e. The van der Waals surface area contributed by atoms with E-state index in [1.165, 1.54) is 12.1 Å². The van der Waals surface area contributed by atoms with Crippen molar-refractivity contribution in [1.82, 2.24) is 0 Å². The van der Waals surface area contributed by atoms with Crippen LogP contribution < -0.4 is 0 Å². The summed E-state index contributed by atoms with van der Waals surface area (Å²) in [6.45, 7) is 2.60. The van der Waals surface area contributed by atoms with Crippen molar-refractivity contribution in [2.45, 2.75) is 32.6 Å². The highest BCUT2D eigenvalue weighted by Crippen LogP contribution is 2.47. The number of hydrogen-bond donors (Lipinski definition) is 0. The SMILES string of the molecule is C=CC(OC(=O)c1ccc([S+](c2ccccc2)c2ccccc2)cc1)(C(F)(F)F)C(F)(F)F. The van der Waals surface area contributed by atoms with Gasteiger partial charge < -0.3 is 4.74 Å². The fourth-order valence-corrected chi connectivity index (χ4v) is 5.09. The molecule has 0 spiro atoms. The zero-order valence-corrected chi connectivity index (χ0v) is 17.7. The lowest BCUT2D eigenvalue weighted by atomic mass is 10.0. The molecule has 0 unspecified atom stereocenters. The highest BCUT2D eigenvalue weighted by molar-refractivity contribution is 7.97. The molecule has 0 amide bonds. The highest BCUT2D eigenvalue weighted by atomic mass is 32.2. The summed E-state index contributed by atoms with van der Waals surface area (Å²) < 4.78 is 83.3. The average Bonchev–Trinajstić information content (AvgIpc) is 2.78. The van der Waals surface area contributed by atoms with E-state index in [4.69, 9.17) is 0 Å². The number of esters is 1. The van der Waals surface area contributed by atoms with Crippen LogP contribution in [0.15, 0.2) is 112 Å². The molecular weight excluding hydrogens is 466 g/mol. The van der Waals surface area contributed by atoms with Gasteiger partial charge in [0.2, 0.25) is 0 Å². The molecule has 0 N–H and O–H groups in total. The third kappa shape index (κ3) is 4.93. The molecule has 33 heavy (non-hydrogen) atoms. The number of halogens is 6. The summed E-state index contributed by atoms with van der Waals surface area (Å²) in [6, 6.07) is 24.0. The van der Waals surface area contributed by atoms with Crippen LogP contribution in [0.2, 0.25) is 0 Å². The number of hydrogen-bond acceptors (Lipinski definition) is 2. The third-order valence-electron chi connectivity index (χ3n) is 4.67. The summed E-state index contributed by atoms with van der Waals surface area (Å²) in [6.07, 6.45) is -12.3. The van der Waals surface area contributed by atoms with Crippen molar-refractivity contribution in [3.8, 4) is 0 Å². The van der Waals surface area contributed by atoms with Crippen LogP contribution in [0.4, 0.5) is 26.3 Å². The van der Waals surface area contributed by atoms with Gasteiger partial charge >= 0.3 is 23.9 Å². The molecule has 0 atom stereocenters. The number of benzene rings is 3. The van der Waals surface area contributed by atoms with E-state index in [1.54, 1.807) is 0 Å². The Kier molecular flexibility index (Phi) is 6.92. The average molecular weight is 483 g/mol. The van der Waals surface area contributed by atoms with Crippen LogP contribution >= 0.6 is 0 Å². The summed E-state index contributed by atoms with van der Waals surface area (Å²) in [5, 5.41) is 0. The predicted octanol–water partition coefficient (Wildman–Crippen LogP) is 6.99. The normalized spacial score (nSPS) is 12.5. The first-order valence-corrected chi connectivity index (χ1v) is 10.7. The lowest BCUT2D eigenvalue weighted by Crippen LogP contribution is -2.58. The zero-order chi connectivity index (χ0) is 24.3. The van der Waals surface area contributed by atoms with Gasteiger partial charge in [-0.15, -0.1) is 0 Å². The van der Waals surface area contributed by atoms with Crippen molar-refractivity contribution >= 4 is 16.9 Å². The molecular formula is C24H17F6O2S+. The molecule has 0 fully saturated rings. The molecule has 0 heterocycles. The predicted molar refractivity (Wildman–Crippen MR) is 112 cm³/mol. The monoisotopic (exact) mass is 483 g/mol. The van der Waals surface area contributed by atoms with E-state index < -0.39 is 46.5 Å². The largest absolute Gasteiger partial charge is 0.441 e. The van der Waals surface area contributed by atoms with Gasteiger partial charge in [-0.05, 0) is 54.6 Å². The summed E-state index contributed by atoms with van der Waals surface area (Å²) in [4.78, 5) is 14.9. The number of carbonyl (C=O) groups is 1. The Labute approximate surface area is 188 Å². The Morgan fingerprint density at radius 3 is 1.45 bits per heavy atom. The lowest BCUT2D eigenvalue weighted by molar-refractivity contribution is -0.345. The van der Waals surface area contributed by atoms with Gasteiger partial charge in [0.1, 0.15) is 0 Å². The van der Waals surface area contributed by atoms with Crippen LogP contribution in [-0.4, -0.2) is 23.9 Å². The molecule has 0 aliphatic carbocycles. The van der Waals surface area contributed by atoms with Gasteiger partial charge in [0.25, 0.3) is 0 Å². The fraction of sp³-hybridized carbons (Fsp3) is 0.125. The molecule has 0 aromatic heterocycles. The smallest absolute Gasteiger partial charge is 0.431 e. The summed E-state index contributed by atoms with van der Waals surface area (Å²) >= 11 is 0. The Morgan fingerprint density at radius 2 is 1.09 bits per heavy atom. The van der Waals surface area contributed by atoms with E-state index in [1.807, 2.05) is 60.7 Å². The molecule has 3 aromatic carbocycles. The standard InChI is InChI=1S/C24H17F6O2S/c1-2-22(23(25,26)27,24(28,29)30)32-21(31)17-13-15-20(16-14-17)33(18-9-5-3-6-10-18)19-11-7-4-8-12-19/h2-16H,1H2/q+1. The Morgan fingerprint density at radius 1 is 0.697 bits per heavy atom. The maximum atomic E-state index is 13.2. The van der Waals surface area contributed by atoms with Crippen molar-refractivity contribution in [1.29, 1.82) is 0 Å². The zero-order valence-electron chi connectivity index (χ0n) is 16.9. The minimum absolute atomic E-state index is 0.455. The maximum absolute atomic E-state index is 13.2. The van der Waals surface area contributed by atoms with Crippen LogP contribution in [0.1, 0.15) is 10.4 Å². The molecule has 172 valence electrons. The minimum atomic E-state index is -5.93. The second kappa shape index (κ2) is 9.35. The second-order valence-corrected chi connectivity index (χ2v) is 8.81. The Bertz CT molecular complexity index is 1040. The van der Waals surface area contributed by atoms with Crippen molar-refractivity contribution in [3.63, 3.8) is 0 Å². The number of rotatable bonds is 6. The molecule has 0 saturated heterocycles. The van der Waals surface area contributed by atoms with Gasteiger partial charge in [-0.2, -0.15) is 26.3 Å². The topological polar surface area (TPSA) is 26.3 Å². The molecule has 2 nitrogen and oxygen atoms in total. The fourth-order valence-electron chi connectivity index (χ4n) is 3.00. The minimum Gasteiger partial charge on any atom is -0.431 e. The van der Waals surface area contributed by atoms with Crippen LogP contribution in [0.3, 0.4) is 0 Å². The number of carbonyl (C=O) groups excluding carboxylic acids is 1. The van der Waals surface area contributed by atoms with Gasteiger partial charge in [0.15, 0.2) is 14.7 Å². The van der Waals surface area contributed by atoms with Gasteiger partial charge in [-0.3, -0.25) is 0 Å². The molecule has 0 saturated carbocycles.